The number of hydrogen-bond acceptors (Lipinski definition) is 2. The summed E-state index contributed by atoms with van der Waals surface area (Å²) in [5, 5.41) is 15.1. The first-order valence-electron chi connectivity index (χ1n) is 5.19. The summed E-state index contributed by atoms with van der Waals surface area (Å²) in [4.78, 5) is 9.76. The van der Waals surface area contributed by atoms with Gasteiger partial charge in [-0.25, -0.2) is 0 Å². The lowest BCUT2D eigenvalue weighted by Gasteiger charge is -1.93. The molecule has 0 aliphatic heterocycles. The second-order valence-electron chi connectivity index (χ2n) is 3.28. The SMILES string of the molecule is CCCCC(=O)O.Cl.N=C(N)c1ccccc1. The molecule has 1 aromatic carbocycles. The van der Waals surface area contributed by atoms with Crippen LogP contribution >= 0.6 is 12.4 Å². The minimum atomic E-state index is -0.693. The fourth-order valence-corrected chi connectivity index (χ4v) is 0.946. The summed E-state index contributed by atoms with van der Waals surface area (Å²) in [6, 6.07) is 9.23. The van der Waals surface area contributed by atoms with Gasteiger partial charge in [0.05, 0.1) is 0 Å². The van der Waals surface area contributed by atoms with Gasteiger partial charge in [-0.1, -0.05) is 43.7 Å². The summed E-state index contributed by atoms with van der Waals surface area (Å²) in [6.07, 6.45) is 2.08. The van der Waals surface area contributed by atoms with Gasteiger partial charge in [-0.2, -0.15) is 0 Å². The Bertz CT molecular complexity index is 329. The number of nitrogen functional groups attached to an aromatic ring is 1. The van der Waals surface area contributed by atoms with Crippen LogP contribution in [0.1, 0.15) is 31.7 Å². The zero-order chi connectivity index (χ0) is 12.4. The molecule has 4 N–H and O–H groups in total. The summed E-state index contributed by atoms with van der Waals surface area (Å²) in [5.41, 5.74) is 5.97. The second-order valence-corrected chi connectivity index (χ2v) is 3.28. The molecule has 0 radical (unpaired) electrons. The number of hydrogen-bond donors (Lipinski definition) is 3. The highest BCUT2D eigenvalue weighted by Crippen LogP contribution is 1.94. The van der Waals surface area contributed by atoms with Crippen molar-refractivity contribution in [3.8, 4) is 0 Å². The van der Waals surface area contributed by atoms with Gasteiger partial charge in [-0.15, -0.1) is 12.4 Å². The van der Waals surface area contributed by atoms with Crippen molar-refractivity contribution in [2.75, 3.05) is 0 Å². The highest BCUT2D eigenvalue weighted by Gasteiger charge is 1.91. The van der Waals surface area contributed by atoms with Crippen LogP contribution in [0.5, 0.6) is 0 Å². The van der Waals surface area contributed by atoms with E-state index in [1.165, 1.54) is 0 Å². The zero-order valence-corrected chi connectivity index (χ0v) is 10.7. The monoisotopic (exact) mass is 258 g/mol. The molecule has 96 valence electrons. The number of unbranched alkanes of at least 4 members (excludes halogenated alkanes) is 1. The lowest BCUT2D eigenvalue weighted by molar-refractivity contribution is -0.137. The van der Waals surface area contributed by atoms with Crippen molar-refractivity contribution in [2.45, 2.75) is 26.2 Å². The Hall–Kier alpha value is -1.55. The molecule has 17 heavy (non-hydrogen) atoms. The third-order valence-corrected chi connectivity index (χ3v) is 1.83. The van der Waals surface area contributed by atoms with Gasteiger partial charge in [-0.05, 0) is 6.42 Å². The number of benzene rings is 1. The topological polar surface area (TPSA) is 87.2 Å². The molecule has 0 saturated carbocycles. The number of aliphatic carboxylic acids is 1. The Labute approximate surface area is 108 Å². The molecule has 0 aliphatic rings. The first-order chi connectivity index (χ1) is 7.57. The average Bonchev–Trinajstić information content (AvgIpc) is 2.28. The first-order valence-corrected chi connectivity index (χ1v) is 5.19. The Balaban J connectivity index is 0. The number of carboxylic acid groups (broad SMARTS) is 1. The molecule has 0 fully saturated rings. The average molecular weight is 259 g/mol. The van der Waals surface area contributed by atoms with Crippen molar-refractivity contribution in [1.82, 2.24) is 0 Å². The maximum absolute atomic E-state index is 9.76. The van der Waals surface area contributed by atoms with Crippen LogP contribution < -0.4 is 5.73 Å². The molecule has 0 aromatic heterocycles. The third-order valence-electron chi connectivity index (χ3n) is 1.83. The van der Waals surface area contributed by atoms with Gasteiger partial charge in [0.1, 0.15) is 5.84 Å². The van der Waals surface area contributed by atoms with E-state index >= 15 is 0 Å². The van der Waals surface area contributed by atoms with Crippen molar-refractivity contribution < 1.29 is 9.90 Å². The summed E-state index contributed by atoms with van der Waals surface area (Å²) < 4.78 is 0. The fraction of sp³-hybridized carbons (Fsp3) is 0.333. The molecule has 0 unspecified atom stereocenters. The van der Waals surface area contributed by atoms with Crippen LogP contribution in [0, 0.1) is 5.41 Å². The number of nitrogens with one attached hydrogen (secondary N) is 1. The van der Waals surface area contributed by atoms with Crippen molar-refractivity contribution in [3.05, 3.63) is 35.9 Å². The molecule has 0 aliphatic carbocycles. The van der Waals surface area contributed by atoms with Gasteiger partial charge >= 0.3 is 5.97 Å². The predicted molar refractivity (Wildman–Crippen MR) is 71.9 cm³/mol. The van der Waals surface area contributed by atoms with E-state index in [0.717, 1.165) is 18.4 Å². The molecule has 0 heterocycles. The van der Waals surface area contributed by atoms with Crippen LogP contribution in [-0.4, -0.2) is 16.9 Å². The summed E-state index contributed by atoms with van der Waals surface area (Å²) in [6.45, 7) is 1.98. The molecule has 0 atom stereocenters. The lowest BCUT2D eigenvalue weighted by atomic mass is 10.2. The molecular weight excluding hydrogens is 240 g/mol. The smallest absolute Gasteiger partial charge is 0.303 e. The van der Waals surface area contributed by atoms with E-state index in [1.54, 1.807) is 0 Å². The molecule has 4 nitrogen and oxygen atoms in total. The van der Waals surface area contributed by atoms with Crippen LogP contribution in [0.15, 0.2) is 30.3 Å². The fourth-order valence-electron chi connectivity index (χ4n) is 0.946. The van der Waals surface area contributed by atoms with Crippen LogP contribution in [0.25, 0.3) is 0 Å². The predicted octanol–water partition coefficient (Wildman–Crippen LogP) is 2.65. The maximum atomic E-state index is 9.76. The highest BCUT2D eigenvalue weighted by atomic mass is 35.5. The van der Waals surface area contributed by atoms with E-state index in [0.29, 0.717) is 6.42 Å². The van der Waals surface area contributed by atoms with Crippen LogP contribution in [-0.2, 0) is 4.79 Å². The minimum absolute atomic E-state index is 0. The highest BCUT2D eigenvalue weighted by molar-refractivity contribution is 5.94. The quantitative estimate of drug-likeness (QED) is 0.573. The molecular formula is C12H19ClN2O2. The summed E-state index contributed by atoms with van der Waals surface area (Å²) in [7, 11) is 0. The zero-order valence-electron chi connectivity index (χ0n) is 9.85. The van der Waals surface area contributed by atoms with Gasteiger partial charge in [-0.3, -0.25) is 10.2 Å². The normalized spacial score (nSPS) is 8.29. The van der Waals surface area contributed by atoms with Gasteiger partial charge < -0.3 is 10.8 Å². The molecule has 0 spiro atoms. The molecule has 1 rings (SSSR count). The Morgan fingerprint density at radius 2 is 1.88 bits per heavy atom. The molecule has 0 saturated heterocycles. The largest absolute Gasteiger partial charge is 0.481 e. The minimum Gasteiger partial charge on any atom is -0.481 e. The second kappa shape index (κ2) is 11.0. The Kier molecular flexibility index (Phi) is 11.5. The molecule has 0 amide bonds. The molecule has 0 bridgehead atoms. The van der Waals surface area contributed by atoms with E-state index in [9.17, 15) is 4.79 Å². The number of carboxylic acids is 1. The van der Waals surface area contributed by atoms with Crippen LogP contribution in [0.4, 0.5) is 0 Å². The van der Waals surface area contributed by atoms with Gasteiger partial charge in [0, 0.05) is 12.0 Å². The van der Waals surface area contributed by atoms with Crippen molar-refractivity contribution in [1.29, 1.82) is 5.41 Å². The van der Waals surface area contributed by atoms with Crippen molar-refractivity contribution >= 4 is 24.2 Å². The summed E-state index contributed by atoms with van der Waals surface area (Å²) in [5.74, 6) is -0.572. The number of nitrogens with two attached hydrogens (primary N) is 1. The molecule has 1 aromatic rings. The first kappa shape index (κ1) is 17.8. The van der Waals surface area contributed by atoms with Crippen LogP contribution in [0.3, 0.4) is 0 Å². The lowest BCUT2D eigenvalue weighted by Crippen LogP contribution is -2.10. The van der Waals surface area contributed by atoms with E-state index in [1.807, 2.05) is 37.3 Å². The summed E-state index contributed by atoms with van der Waals surface area (Å²) >= 11 is 0. The number of halogens is 1. The maximum Gasteiger partial charge on any atom is 0.303 e. The standard InChI is InChI=1S/C7H8N2.C5H10O2.ClH/c8-7(9)6-4-2-1-3-5-6;1-2-3-4-5(6)7;/h1-5H,(H3,8,9);2-4H2,1H3,(H,6,7);1H. The van der Waals surface area contributed by atoms with Crippen LogP contribution in [0.2, 0.25) is 0 Å². The molecule has 5 heteroatoms. The van der Waals surface area contributed by atoms with Gasteiger partial charge in [0.15, 0.2) is 0 Å². The van der Waals surface area contributed by atoms with Gasteiger partial charge in [0.2, 0.25) is 0 Å². The van der Waals surface area contributed by atoms with E-state index < -0.39 is 5.97 Å². The number of rotatable bonds is 4. The Morgan fingerprint density at radius 1 is 1.35 bits per heavy atom. The Morgan fingerprint density at radius 3 is 2.12 bits per heavy atom. The van der Waals surface area contributed by atoms with Crippen molar-refractivity contribution in [3.63, 3.8) is 0 Å². The number of amidine groups is 1. The van der Waals surface area contributed by atoms with Gasteiger partial charge in [0.25, 0.3) is 0 Å². The van der Waals surface area contributed by atoms with E-state index in [4.69, 9.17) is 16.2 Å². The van der Waals surface area contributed by atoms with E-state index in [2.05, 4.69) is 0 Å². The number of carbonyl (C=O) groups is 1. The third kappa shape index (κ3) is 10.7. The van der Waals surface area contributed by atoms with Crippen molar-refractivity contribution in [2.24, 2.45) is 5.73 Å². The van der Waals surface area contributed by atoms with E-state index in [-0.39, 0.29) is 18.2 Å².